The Kier molecular flexibility index (Phi) is 40.6. The number of carbonyl (C=O) groups is 17. The van der Waals surface area contributed by atoms with E-state index < -0.39 is 247 Å². The molecular weight excluding hydrogens is 1790 g/mol. The van der Waals surface area contributed by atoms with Crippen molar-refractivity contribution in [2.75, 3.05) is 65.4 Å². The molecule has 0 aliphatic carbocycles. The lowest BCUT2D eigenvalue weighted by Gasteiger charge is -2.36. The number of guanidine groups is 1. The van der Waals surface area contributed by atoms with E-state index in [0.717, 1.165) is 32.0 Å². The first-order valence-electron chi connectivity index (χ1n) is 46.6. The van der Waals surface area contributed by atoms with E-state index in [4.69, 9.17) is 28.3 Å². The number of Topliss-reactive ketones (excluding diaryl/α,β-unsaturated/α-hetero) is 2. The van der Waals surface area contributed by atoms with E-state index in [1.54, 1.807) is 86.9 Å². The van der Waals surface area contributed by atoms with Gasteiger partial charge in [0, 0.05) is 143 Å². The lowest BCUT2D eigenvalue weighted by Crippen LogP contribution is -2.60. The second-order valence-electron chi connectivity index (χ2n) is 35.9. The number of para-hydroxylation sites is 2. The number of thioether (sulfide) groups is 1. The van der Waals surface area contributed by atoms with Crippen molar-refractivity contribution in [1.82, 2.24) is 92.3 Å². The number of ketones is 2. The molecule has 0 bridgehead atoms. The monoisotopic (exact) mass is 1920 g/mol. The zero-order chi connectivity index (χ0) is 100. The molecule has 3 fully saturated rings. The molecule has 0 spiro atoms. The van der Waals surface area contributed by atoms with Crippen LogP contribution in [0.4, 0.5) is 0 Å². The van der Waals surface area contributed by atoms with Crippen molar-refractivity contribution in [2.45, 2.75) is 242 Å². The first-order valence-corrected chi connectivity index (χ1v) is 47.7. The number of imidazole rings is 1. The van der Waals surface area contributed by atoms with E-state index in [0.29, 0.717) is 69.9 Å². The van der Waals surface area contributed by atoms with Gasteiger partial charge in [-0.15, -0.1) is 11.8 Å². The Balaban J connectivity index is 1.10. The smallest absolute Gasteiger partial charge is 0.246 e. The van der Waals surface area contributed by atoms with Crippen LogP contribution in [0.1, 0.15) is 159 Å². The Bertz CT molecular complexity index is 5260. The molecule has 9 rings (SSSR count). The van der Waals surface area contributed by atoms with Crippen molar-refractivity contribution >= 4 is 140 Å². The predicted molar refractivity (Wildman–Crippen MR) is 508 cm³/mol. The minimum Gasteiger partial charge on any atom is -0.394 e. The molecule has 3 aliphatic heterocycles. The largest absolute Gasteiger partial charge is 0.394 e. The molecular formula is C94H133N23O19S. The number of aliphatic hydroxyl groups excluding tert-OH is 2. The number of nitrogens with one attached hydrogen (secondary N) is 13. The van der Waals surface area contributed by atoms with Crippen LogP contribution in [0.5, 0.6) is 0 Å². The topological polar surface area (TPSA) is 643 Å². The number of benzene rings is 3. The highest BCUT2D eigenvalue weighted by molar-refractivity contribution is 8.00. The molecule has 137 heavy (non-hydrogen) atoms. The van der Waals surface area contributed by atoms with Gasteiger partial charge in [0.1, 0.15) is 66.5 Å². The lowest BCUT2D eigenvalue weighted by atomic mass is 9.88. The fourth-order valence-electron chi connectivity index (χ4n) is 17.5. The zero-order valence-electron chi connectivity index (χ0n) is 78.8. The number of amides is 15. The predicted octanol–water partition coefficient (Wildman–Crippen LogP) is -0.995. The summed E-state index contributed by atoms with van der Waals surface area (Å²) >= 11 is 0.788. The number of nitrogens with two attached hydrogens (primary N) is 4. The summed E-state index contributed by atoms with van der Waals surface area (Å²) in [4.78, 5) is 271. The molecule has 15 amide bonds. The van der Waals surface area contributed by atoms with Crippen LogP contribution in [0.25, 0.3) is 21.8 Å². The first-order chi connectivity index (χ1) is 65.3. The minimum atomic E-state index is -1.76. The van der Waals surface area contributed by atoms with Crippen molar-refractivity contribution in [2.24, 2.45) is 40.7 Å². The third-order valence-corrected chi connectivity index (χ3v) is 26.3. The maximum absolute atomic E-state index is 15.8. The van der Waals surface area contributed by atoms with Crippen molar-refractivity contribution < 1.29 is 91.7 Å². The van der Waals surface area contributed by atoms with Gasteiger partial charge in [0.25, 0.3) is 0 Å². The minimum absolute atomic E-state index is 0.000214. The molecule has 0 saturated carbocycles. The first kappa shape index (κ1) is 108. The van der Waals surface area contributed by atoms with Gasteiger partial charge >= 0.3 is 0 Å². The maximum atomic E-state index is 15.8. The van der Waals surface area contributed by atoms with Crippen LogP contribution in [0.2, 0.25) is 0 Å². The summed E-state index contributed by atoms with van der Waals surface area (Å²) in [5.41, 5.74) is 26.8. The maximum Gasteiger partial charge on any atom is 0.246 e. The normalized spacial score (nSPS) is 24.7. The molecule has 3 aromatic carbocycles. The SMILES string of the molecule is CCCC[C@H]1C(=O)N(C)[C@@H](CCCC)C(=O)N[C@@H](CCCNC(=N)N)C(=O)N[C@H](C(=O)NCC(N)=O)CSCC(=O)N[C@@H](Cc2ccc(CN)cc2)C(=O)N(C)[C@@H](C)C(=O)N[C@@H](CC(N)=O)C(=O)N2CCC[C@H]2C(=O)N[C@@H](Cc2cnc[nH]2)C(=O)N[C@@H](CC(C)C)C(=O)N2C[C@H](O)C[C@H]2C(=O)C[C@@H](Cc2c[nH]c3ccccc23)C(=O)N[C@@H](CO)C(=O)C[C@@H](Cc2c[nH]c3ccccc23)C(=O)N1C. The Hall–Kier alpha value is -13.2. The van der Waals surface area contributed by atoms with E-state index in [2.05, 4.69) is 67.8 Å². The zero-order valence-corrected chi connectivity index (χ0v) is 79.6. The summed E-state index contributed by atoms with van der Waals surface area (Å²) < 4.78 is 0. The molecule has 0 radical (unpaired) electrons. The molecule has 0 unspecified atom stereocenters. The van der Waals surface area contributed by atoms with Gasteiger partial charge < -0.3 is 120 Å². The number of hydrogen-bond acceptors (Lipinski definition) is 23. The van der Waals surface area contributed by atoms with Crippen LogP contribution in [0.3, 0.4) is 0 Å². The number of nitrogens with zero attached hydrogens (tertiary/aromatic N) is 6. The molecule has 3 aliphatic rings. The number of likely N-dealkylation sites (N-methyl/N-ethyl adjacent to an activating group) is 3. The highest BCUT2D eigenvalue weighted by Gasteiger charge is 2.47. The van der Waals surface area contributed by atoms with Crippen LogP contribution in [-0.4, -0.2) is 305 Å². The molecule has 43 heteroatoms. The number of aromatic amines is 3. The van der Waals surface area contributed by atoms with Gasteiger partial charge in [0.05, 0.1) is 43.8 Å². The second kappa shape index (κ2) is 51.7. The number of aliphatic hydroxyl groups is 2. The summed E-state index contributed by atoms with van der Waals surface area (Å²) in [6.07, 6.45) is 3.23. The standard InChI is InChI=1S/C94H133N23O19S/c1-9-11-24-73-87(130)107-66(23-17-31-101-94(98)99)85(128)112-72(84(127)104-46-80(97)123)49-137-50-81(124)106-69(34-54-27-29-55(42-95)30-28-54)90(133)113(6)53(5)82(125)109-70(41-79(96)122)91(134)116-32-18-26-74(116)88(131)108-67(39-60-45-100-51-105-60)86(129)110-68(33-52(3)4)92(135)117-47-61(119)40-76(117)78(121)37-56(35-58-43-102-64-21-15-13-19-62(58)64)83(126)111-71(48-118)77(120)38-57(36-59-44-103-65-22-16-14-20-63(59)65)89(132)115(8)75(25-12-10-2)93(136)114(73)7/h13-16,19-22,27-30,43-45,51-53,56-57,61,66-76,102-103,118-119H,9-12,17-18,23-26,31-42,46-50,95H2,1-8H3,(H2,96,122)(H2,97,123)(H,100,105)(H,104,127)(H,106,124)(H,107,130)(H,108,131)(H,109,125)(H,110,129)(H,111,126)(H,112,128)(H4,98,99,101)/t53-,56+,57+,61+,66-,67-,68-,69-,70-,71-,72-,73-,74-,75-,76-/m0/s1. The molecule has 3 aromatic heterocycles. The van der Waals surface area contributed by atoms with Gasteiger partial charge in [-0.1, -0.05) is 114 Å². The molecule has 42 nitrogen and oxygen atoms in total. The number of carbonyl (C=O) groups excluding carboxylic acids is 17. The Morgan fingerprint density at radius 2 is 1.15 bits per heavy atom. The van der Waals surface area contributed by atoms with Gasteiger partial charge in [-0.25, -0.2) is 4.98 Å². The van der Waals surface area contributed by atoms with Crippen molar-refractivity contribution in [1.29, 1.82) is 5.41 Å². The van der Waals surface area contributed by atoms with Gasteiger partial charge in [-0.2, -0.15) is 0 Å². The summed E-state index contributed by atoms with van der Waals surface area (Å²) in [6.45, 7) is 6.45. The summed E-state index contributed by atoms with van der Waals surface area (Å²) in [7, 11) is 4.01. The van der Waals surface area contributed by atoms with Gasteiger partial charge in [0.2, 0.25) is 88.6 Å². The summed E-state index contributed by atoms with van der Waals surface area (Å²) in [6, 6.07) is 2.97. The lowest BCUT2D eigenvalue weighted by molar-refractivity contribution is -0.150. The quantitative estimate of drug-likeness (QED) is 0.0167. The second-order valence-corrected chi connectivity index (χ2v) is 37.0. The Labute approximate surface area is 798 Å². The molecule has 6 aromatic rings. The van der Waals surface area contributed by atoms with Gasteiger partial charge in [-0.05, 0) is 105 Å². The van der Waals surface area contributed by atoms with Crippen molar-refractivity contribution in [3.05, 3.63) is 126 Å². The summed E-state index contributed by atoms with van der Waals surface area (Å²) in [5, 5.41) is 56.0. The third kappa shape index (κ3) is 30.2. The Morgan fingerprint density at radius 1 is 0.569 bits per heavy atom. The molecule has 3 saturated heterocycles. The fourth-order valence-corrected chi connectivity index (χ4v) is 18.4. The van der Waals surface area contributed by atoms with E-state index in [-0.39, 0.29) is 103 Å². The number of fused-ring (bicyclic) bond motifs is 4. The molecule has 15 atom stereocenters. The summed E-state index contributed by atoms with van der Waals surface area (Å²) in [5.74, 6) is -19.4. The molecule has 6 heterocycles. The third-order valence-electron chi connectivity index (χ3n) is 25.2. The highest BCUT2D eigenvalue weighted by atomic mass is 32.2. The number of primary amides is 2. The molecule has 23 N–H and O–H groups in total. The van der Waals surface area contributed by atoms with Crippen LogP contribution < -0.4 is 70.8 Å². The Morgan fingerprint density at radius 3 is 1.76 bits per heavy atom. The number of hydrogen-bond donors (Lipinski definition) is 19. The van der Waals surface area contributed by atoms with Gasteiger partial charge in [-0.3, -0.25) is 86.9 Å². The van der Waals surface area contributed by atoms with Gasteiger partial charge in [0.15, 0.2) is 17.5 Å². The average Bonchev–Trinajstić information content (AvgIpc) is 1.80. The van der Waals surface area contributed by atoms with Crippen molar-refractivity contribution in [3.8, 4) is 0 Å². The number of unbranched alkanes of at least 4 members (excludes halogenated alkanes) is 2. The van der Waals surface area contributed by atoms with E-state index >= 15 is 43.2 Å². The highest BCUT2D eigenvalue weighted by Crippen LogP contribution is 2.31. The van der Waals surface area contributed by atoms with E-state index in [9.17, 15) is 48.6 Å². The van der Waals surface area contributed by atoms with Crippen LogP contribution in [0, 0.1) is 23.2 Å². The van der Waals surface area contributed by atoms with E-state index in [1.165, 1.54) is 50.4 Å². The van der Waals surface area contributed by atoms with Crippen LogP contribution >= 0.6 is 11.8 Å². The van der Waals surface area contributed by atoms with Crippen LogP contribution in [0.15, 0.2) is 97.7 Å². The van der Waals surface area contributed by atoms with E-state index in [1.807, 2.05) is 26.0 Å². The average molecular weight is 1920 g/mol. The number of aromatic nitrogens is 4. The number of H-pyrrole nitrogens is 3. The number of rotatable bonds is 27. The van der Waals surface area contributed by atoms with Crippen molar-refractivity contribution in [3.63, 3.8) is 0 Å². The molecule has 744 valence electrons. The van der Waals surface area contributed by atoms with Crippen LogP contribution in [-0.2, 0) is 114 Å². The fraction of sp³-hybridized carbons (Fsp3) is 0.543.